The van der Waals surface area contributed by atoms with Crippen LogP contribution in [0.5, 0.6) is 0 Å². The molecule has 1 amide bonds. The van der Waals surface area contributed by atoms with Crippen LogP contribution in [0.25, 0.3) is 10.9 Å². The van der Waals surface area contributed by atoms with Gasteiger partial charge in [0, 0.05) is 67.2 Å². The molecular formula is C20H26ClN3O. The van der Waals surface area contributed by atoms with Gasteiger partial charge in [-0.05, 0) is 50.1 Å². The minimum atomic E-state index is 0.249. The van der Waals surface area contributed by atoms with E-state index in [4.69, 9.17) is 11.6 Å². The van der Waals surface area contributed by atoms with Gasteiger partial charge in [0.1, 0.15) is 0 Å². The van der Waals surface area contributed by atoms with Gasteiger partial charge in [0.05, 0.1) is 0 Å². The van der Waals surface area contributed by atoms with E-state index in [9.17, 15) is 4.79 Å². The molecule has 2 aromatic rings. The van der Waals surface area contributed by atoms with Crippen LogP contribution in [0.15, 0.2) is 18.2 Å². The lowest BCUT2D eigenvalue weighted by molar-refractivity contribution is -0.132. The van der Waals surface area contributed by atoms with E-state index >= 15 is 0 Å². The highest BCUT2D eigenvalue weighted by Crippen LogP contribution is 2.38. The first-order chi connectivity index (χ1) is 12.0. The van der Waals surface area contributed by atoms with Gasteiger partial charge in [-0.15, -0.1) is 0 Å². The smallest absolute Gasteiger partial charge is 0.223 e. The molecule has 0 N–H and O–H groups in total. The molecule has 25 heavy (non-hydrogen) atoms. The molecule has 1 saturated heterocycles. The van der Waals surface area contributed by atoms with Crippen molar-refractivity contribution in [2.45, 2.75) is 38.1 Å². The molecule has 0 saturated carbocycles. The molecule has 3 heterocycles. The van der Waals surface area contributed by atoms with Gasteiger partial charge in [0.2, 0.25) is 5.91 Å². The second-order valence-electron chi connectivity index (χ2n) is 7.62. The van der Waals surface area contributed by atoms with Crippen LogP contribution in [0.4, 0.5) is 0 Å². The van der Waals surface area contributed by atoms with E-state index in [2.05, 4.69) is 40.6 Å². The Labute approximate surface area is 154 Å². The number of aromatic nitrogens is 1. The highest BCUT2D eigenvalue weighted by atomic mass is 35.5. The highest BCUT2D eigenvalue weighted by Gasteiger charge is 2.32. The van der Waals surface area contributed by atoms with Gasteiger partial charge in [0.25, 0.3) is 0 Å². The predicted octanol–water partition coefficient (Wildman–Crippen LogP) is 3.76. The van der Waals surface area contributed by atoms with Crippen molar-refractivity contribution < 1.29 is 4.79 Å². The summed E-state index contributed by atoms with van der Waals surface area (Å²) in [4.78, 5) is 17.2. The highest BCUT2D eigenvalue weighted by molar-refractivity contribution is 6.31. The lowest BCUT2D eigenvalue weighted by atomic mass is 9.91. The van der Waals surface area contributed by atoms with E-state index in [-0.39, 0.29) is 5.92 Å². The summed E-state index contributed by atoms with van der Waals surface area (Å²) in [6, 6.07) is 6.12. The minimum absolute atomic E-state index is 0.249. The molecule has 2 aliphatic heterocycles. The van der Waals surface area contributed by atoms with Crippen molar-refractivity contribution in [3.05, 3.63) is 34.5 Å². The van der Waals surface area contributed by atoms with Crippen LogP contribution < -0.4 is 0 Å². The zero-order chi connectivity index (χ0) is 17.6. The summed E-state index contributed by atoms with van der Waals surface area (Å²) in [5.74, 6) is 0.564. The van der Waals surface area contributed by atoms with Crippen LogP contribution >= 0.6 is 11.6 Å². The quantitative estimate of drug-likeness (QED) is 0.816. The van der Waals surface area contributed by atoms with Gasteiger partial charge in [-0.25, -0.2) is 0 Å². The fourth-order valence-electron chi connectivity index (χ4n) is 4.64. The van der Waals surface area contributed by atoms with Gasteiger partial charge < -0.3 is 14.4 Å². The number of carbonyl (C=O) groups is 1. The summed E-state index contributed by atoms with van der Waals surface area (Å²) in [6.45, 7) is 3.71. The third-order valence-corrected chi connectivity index (χ3v) is 6.03. The summed E-state index contributed by atoms with van der Waals surface area (Å²) in [5, 5.41) is 2.00. The number of piperidine rings is 1. The maximum Gasteiger partial charge on any atom is 0.223 e. The summed E-state index contributed by atoms with van der Waals surface area (Å²) >= 11 is 6.25. The Morgan fingerprint density at radius 1 is 1.20 bits per heavy atom. The molecule has 1 fully saturated rings. The standard InChI is InChI=1S/C20H26ClN3O/c1-22-12-14(10-19(25)24-8-4-3-5-9-24)20-17(13-22)16-11-15(21)6-7-18(16)23(20)2/h6-7,11,14H,3-5,8-10,12-13H2,1-2H3. The first-order valence-corrected chi connectivity index (χ1v) is 9.65. The number of nitrogens with zero attached hydrogens (tertiary/aromatic N) is 3. The second kappa shape index (κ2) is 6.65. The number of likely N-dealkylation sites (tertiary alicyclic amines) is 1. The van der Waals surface area contributed by atoms with Crippen molar-refractivity contribution in [3.63, 3.8) is 0 Å². The maximum atomic E-state index is 12.8. The summed E-state index contributed by atoms with van der Waals surface area (Å²) in [6.07, 6.45) is 4.15. The number of amides is 1. The molecule has 1 aromatic carbocycles. The fraction of sp³-hybridized carbons (Fsp3) is 0.550. The Balaban J connectivity index is 1.69. The zero-order valence-corrected chi connectivity index (χ0v) is 15.9. The number of carbonyl (C=O) groups excluding carboxylic acids is 1. The molecule has 1 aromatic heterocycles. The summed E-state index contributed by atoms with van der Waals surface area (Å²) < 4.78 is 2.28. The Hall–Kier alpha value is -1.52. The van der Waals surface area contributed by atoms with E-state index in [0.29, 0.717) is 12.3 Å². The van der Waals surface area contributed by atoms with Gasteiger partial charge in [0.15, 0.2) is 0 Å². The molecule has 2 aliphatic rings. The Morgan fingerprint density at radius 3 is 2.72 bits per heavy atom. The van der Waals surface area contributed by atoms with Crippen molar-refractivity contribution in [1.29, 1.82) is 0 Å². The molecule has 1 unspecified atom stereocenters. The zero-order valence-electron chi connectivity index (χ0n) is 15.1. The number of hydrogen-bond acceptors (Lipinski definition) is 2. The summed E-state index contributed by atoms with van der Waals surface area (Å²) in [7, 11) is 4.27. The van der Waals surface area contributed by atoms with Gasteiger partial charge in [-0.3, -0.25) is 4.79 Å². The van der Waals surface area contributed by atoms with Gasteiger partial charge in [-0.1, -0.05) is 11.6 Å². The fourth-order valence-corrected chi connectivity index (χ4v) is 4.81. The first-order valence-electron chi connectivity index (χ1n) is 9.27. The predicted molar refractivity (Wildman–Crippen MR) is 102 cm³/mol. The second-order valence-corrected chi connectivity index (χ2v) is 8.06. The Morgan fingerprint density at radius 2 is 1.96 bits per heavy atom. The maximum absolute atomic E-state index is 12.8. The molecule has 0 spiro atoms. The largest absolute Gasteiger partial charge is 0.347 e. The van der Waals surface area contributed by atoms with Gasteiger partial charge in [-0.2, -0.15) is 0 Å². The van der Waals surface area contributed by atoms with E-state index in [1.54, 1.807) is 0 Å². The van der Waals surface area contributed by atoms with Crippen LogP contribution in [0.2, 0.25) is 5.02 Å². The number of fused-ring (bicyclic) bond motifs is 3. The molecule has 0 bridgehead atoms. The topological polar surface area (TPSA) is 28.5 Å². The lowest BCUT2D eigenvalue weighted by Crippen LogP contribution is -2.39. The number of rotatable bonds is 2. The molecule has 134 valence electrons. The normalized spacial score (nSPS) is 21.6. The number of hydrogen-bond donors (Lipinski definition) is 0. The van der Waals surface area contributed by atoms with Crippen LogP contribution in [0.1, 0.15) is 42.9 Å². The number of aryl methyl sites for hydroxylation is 1. The Bertz CT molecular complexity index is 807. The van der Waals surface area contributed by atoms with Crippen molar-refractivity contribution in [2.24, 2.45) is 7.05 Å². The van der Waals surface area contributed by atoms with Gasteiger partial charge >= 0.3 is 0 Å². The number of halogens is 1. The Kier molecular flexibility index (Phi) is 4.50. The van der Waals surface area contributed by atoms with Crippen LogP contribution in [0, 0.1) is 0 Å². The average molecular weight is 360 g/mol. The molecule has 4 nitrogen and oxygen atoms in total. The number of benzene rings is 1. The summed E-state index contributed by atoms with van der Waals surface area (Å²) in [5.41, 5.74) is 3.87. The third-order valence-electron chi connectivity index (χ3n) is 5.79. The number of likely N-dealkylation sites (N-methyl/N-ethyl adjacent to an activating group) is 1. The van der Waals surface area contributed by atoms with Crippen LogP contribution in [-0.2, 0) is 18.4 Å². The van der Waals surface area contributed by atoms with E-state index in [0.717, 1.165) is 44.0 Å². The average Bonchev–Trinajstić information content (AvgIpc) is 2.87. The van der Waals surface area contributed by atoms with Crippen LogP contribution in [-0.4, -0.2) is 47.0 Å². The molecular weight excluding hydrogens is 334 g/mol. The van der Waals surface area contributed by atoms with Crippen LogP contribution in [0.3, 0.4) is 0 Å². The van der Waals surface area contributed by atoms with E-state index in [1.807, 2.05) is 6.07 Å². The van der Waals surface area contributed by atoms with E-state index in [1.165, 1.54) is 28.6 Å². The molecule has 0 radical (unpaired) electrons. The van der Waals surface area contributed by atoms with Crippen molar-refractivity contribution in [1.82, 2.24) is 14.4 Å². The SMILES string of the molecule is CN1Cc2c(n(C)c3ccc(Cl)cc23)C(CC(=O)N2CCCCC2)C1. The van der Waals surface area contributed by atoms with Crippen molar-refractivity contribution in [3.8, 4) is 0 Å². The molecule has 5 heteroatoms. The first kappa shape index (κ1) is 16.9. The molecule has 0 aliphatic carbocycles. The minimum Gasteiger partial charge on any atom is -0.347 e. The molecule has 4 rings (SSSR count). The van der Waals surface area contributed by atoms with Crippen molar-refractivity contribution >= 4 is 28.4 Å². The van der Waals surface area contributed by atoms with E-state index < -0.39 is 0 Å². The lowest BCUT2D eigenvalue weighted by Gasteiger charge is -2.33. The van der Waals surface area contributed by atoms with Crippen molar-refractivity contribution in [2.75, 3.05) is 26.7 Å². The molecule has 1 atom stereocenters. The monoisotopic (exact) mass is 359 g/mol. The third kappa shape index (κ3) is 3.06.